The summed E-state index contributed by atoms with van der Waals surface area (Å²) >= 11 is 0. The van der Waals surface area contributed by atoms with Gasteiger partial charge in [-0.1, -0.05) is 6.42 Å². The Hall–Kier alpha value is -0.740. The van der Waals surface area contributed by atoms with Crippen molar-refractivity contribution in [2.75, 3.05) is 13.1 Å². The van der Waals surface area contributed by atoms with E-state index < -0.39 is 12.6 Å². The molecule has 0 aromatic carbocycles. The van der Waals surface area contributed by atoms with Crippen LogP contribution >= 0.6 is 0 Å². The highest BCUT2D eigenvalue weighted by Crippen LogP contribution is 2.21. The molecule has 0 spiro atoms. The SMILES string of the molecule is FC(F)(F)CCCCNC1=NCCCCC1. The maximum absolute atomic E-state index is 11.8. The Bertz CT molecular complexity index is 224. The molecule has 0 atom stereocenters. The van der Waals surface area contributed by atoms with Crippen LogP contribution in [0, 0.1) is 0 Å². The van der Waals surface area contributed by atoms with Crippen LogP contribution in [0.4, 0.5) is 13.2 Å². The van der Waals surface area contributed by atoms with Gasteiger partial charge in [-0.2, -0.15) is 13.2 Å². The predicted molar refractivity (Wildman–Crippen MR) is 58.7 cm³/mol. The molecule has 1 aliphatic heterocycles. The van der Waals surface area contributed by atoms with E-state index >= 15 is 0 Å². The minimum atomic E-state index is -4.01. The normalized spacial score (nSPS) is 17.8. The molecule has 0 saturated carbocycles. The summed E-state index contributed by atoms with van der Waals surface area (Å²) in [5.41, 5.74) is 0. The van der Waals surface area contributed by atoms with Crippen molar-refractivity contribution in [3.63, 3.8) is 0 Å². The van der Waals surface area contributed by atoms with Crippen molar-refractivity contribution >= 4 is 5.84 Å². The maximum Gasteiger partial charge on any atom is 0.389 e. The summed E-state index contributed by atoms with van der Waals surface area (Å²) in [7, 11) is 0. The first-order chi connectivity index (χ1) is 7.58. The Labute approximate surface area is 94.3 Å². The molecule has 1 aliphatic rings. The van der Waals surface area contributed by atoms with Gasteiger partial charge in [0.2, 0.25) is 0 Å². The highest BCUT2D eigenvalue weighted by Gasteiger charge is 2.25. The standard InChI is InChI=1S/C11H19F3N2/c12-11(13,14)7-3-5-9-16-10-6-2-1-4-8-15-10/h1-9H2,(H,15,16). The molecule has 0 radical (unpaired) electrons. The molecule has 0 aromatic rings. The van der Waals surface area contributed by atoms with Gasteiger partial charge in [-0.3, -0.25) is 4.99 Å². The van der Waals surface area contributed by atoms with Gasteiger partial charge in [-0.05, 0) is 25.7 Å². The fourth-order valence-corrected chi connectivity index (χ4v) is 1.70. The van der Waals surface area contributed by atoms with Gasteiger partial charge in [-0.15, -0.1) is 0 Å². The average Bonchev–Trinajstić information content (AvgIpc) is 2.44. The molecule has 1 N–H and O–H groups in total. The molecule has 1 heterocycles. The van der Waals surface area contributed by atoms with Gasteiger partial charge in [-0.25, -0.2) is 0 Å². The van der Waals surface area contributed by atoms with Crippen molar-refractivity contribution in [2.24, 2.45) is 4.99 Å². The quantitative estimate of drug-likeness (QED) is 0.744. The molecule has 0 bridgehead atoms. The predicted octanol–water partition coefficient (Wildman–Crippen LogP) is 3.28. The van der Waals surface area contributed by atoms with Gasteiger partial charge >= 0.3 is 6.18 Å². The van der Waals surface area contributed by atoms with Gasteiger partial charge < -0.3 is 5.32 Å². The van der Waals surface area contributed by atoms with Crippen LogP contribution in [0.25, 0.3) is 0 Å². The molecule has 0 amide bonds. The lowest BCUT2D eigenvalue weighted by atomic mass is 10.2. The summed E-state index contributed by atoms with van der Waals surface area (Å²) in [5, 5.41) is 3.13. The molecule has 0 unspecified atom stereocenters. The number of hydrogen-bond acceptors (Lipinski definition) is 2. The molecule has 0 fully saturated rings. The second-order valence-electron chi connectivity index (χ2n) is 4.14. The Morgan fingerprint density at radius 1 is 1.12 bits per heavy atom. The first kappa shape index (κ1) is 13.3. The highest BCUT2D eigenvalue weighted by atomic mass is 19.4. The zero-order valence-corrected chi connectivity index (χ0v) is 9.45. The number of nitrogens with zero attached hydrogens (tertiary/aromatic N) is 1. The fourth-order valence-electron chi connectivity index (χ4n) is 1.70. The number of nitrogens with one attached hydrogen (secondary N) is 1. The van der Waals surface area contributed by atoms with Gasteiger partial charge in [0.15, 0.2) is 0 Å². The van der Waals surface area contributed by atoms with E-state index in [1.54, 1.807) is 0 Å². The van der Waals surface area contributed by atoms with Crippen molar-refractivity contribution in [1.82, 2.24) is 5.32 Å². The molecule has 94 valence electrons. The Morgan fingerprint density at radius 3 is 2.69 bits per heavy atom. The van der Waals surface area contributed by atoms with Crippen LogP contribution in [0.1, 0.15) is 44.9 Å². The van der Waals surface area contributed by atoms with Gasteiger partial charge in [0.05, 0.1) is 5.84 Å². The van der Waals surface area contributed by atoms with Crippen LogP contribution < -0.4 is 5.32 Å². The number of halogens is 3. The van der Waals surface area contributed by atoms with Crippen LogP contribution in [0.2, 0.25) is 0 Å². The van der Waals surface area contributed by atoms with Crippen molar-refractivity contribution in [2.45, 2.75) is 51.1 Å². The summed E-state index contributed by atoms with van der Waals surface area (Å²) in [6.07, 6.45) is 0.457. The number of rotatable bonds is 4. The molecule has 16 heavy (non-hydrogen) atoms. The van der Waals surface area contributed by atoms with Crippen LogP contribution in [0.5, 0.6) is 0 Å². The summed E-state index contributed by atoms with van der Waals surface area (Å²) < 4.78 is 35.5. The minimum absolute atomic E-state index is 0.198. The smallest absolute Gasteiger partial charge is 0.374 e. The van der Waals surface area contributed by atoms with Crippen molar-refractivity contribution in [1.29, 1.82) is 0 Å². The van der Waals surface area contributed by atoms with E-state index in [1.165, 1.54) is 6.42 Å². The molecule has 2 nitrogen and oxygen atoms in total. The number of amidine groups is 1. The summed E-state index contributed by atoms with van der Waals surface area (Å²) in [4.78, 5) is 4.35. The summed E-state index contributed by atoms with van der Waals surface area (Å²) in [5.74, 6) is 0.976. The molecule has 1 rings (SSSR count). The van der Waals surface area contributed by atoms with Gasteiger partial charge in [0, 0.05) is 25.9 Å². The number of hydrogen-bond donors (Lipinski definition) is 1. The zero-order chi connectivity index (χ0) is 11.9. The first-order valence-corrected chi connectivity index (χ1v) is 5.92. The second-order valence-corrected chi connectivity index (χ2v) is 4.14. The molecule has 0 saturated heterocycles. The van der Waals surface area contributed by atoms with E-state index in [1.807, 2.05) is 0 Å². The summed E-state index contributed by atoms with van der Waals surface area (Å²) in [6.45, 7) is 1.46. The lowest BCUT2D eigenvalue weighted by molar-refractivity contribution is -0.135. The third-order valence-electron chi connectivity index (χ3n) is 2.59. The minimum Gasteiger partial charge on any atom is -0.374 e. The Kier molecular flexibility index (Phi) is 5.63. The lowest BCUT2D eigenvalue weighted by Crippen LogP contribution is -2.24. The van der Waals surface area contributed by atoms with Gasteiger partial charge in [0.25, 0.3) is 0 Å². The maximum atomic E-state index is 11.8. The van der Waals surface area contributed by atoms with Crippen LogP contribution in [-0.2, 0) is 0 Å². The highest BCUT2D eigenvalue weighted by molar-refractivity contribution is 5.82. The van der Waals surface area contributed by atoms with Crippen molar-refractivity contribution in [3.8, 4) is 0 Å². The third-order valence-corrected chi connectivity index (χ3v) is 2.59. The largest absolute Gasteiger partial charge is 0.389 e. The van der Waals surface area contributed by atoms with E-state index in [4.69, 9.17) is 0 Å². The van der Waals surface area contributed by atoms with Crippen LogP contribution in [-0.4, -0.2) is 25.1 Å². The van der Waals surface area contributed by atoms with E-state index in [2.05, 4.69) is 10.3 Å². The number of unbranched alkanes of at least 4 members (excludes halogenated alkanes) is 1. The van der Waals surface area contributed by atoms with Crippen LogP contribution in [0.3, 0.4) is 0 Å². The van der Waals surface area contributed by atoms with E-state index in [0.717, 1.165) is 31.6 Å². The van der Waals surface area contributed by atoms with Crippen LogP contribution in [0.15, 0.2) is 4.99 Å². The first-order valence-electron chi connectivity index (χ1n) is 5.92. The Morgan fingerprint density at radius 2 is 1.94 bits per heavy atom. The molecule has 0 aliphatic carbocycles. The Balaban J connectivity index is 2.04. The third kappa shape index (κ3) is 6.69. The zero-order valence-electron chi connectivity index (χ0n) is 9.45. The van der Waals surface area contributed by atoms with Gasteiger partial charge in [0.1, 0.15) is 0 Å². The number of alkyl halides is 3. The monoisotopic (exact) mass is 236 g/mol. The van der Waals surface area contributed by atoms with E-state index in [-0.39, 0.29) is 6.42 Å². The molecule has 5 heteroatoms. The number of aliphatic imine (C=N–C) groups is 1. The molecule has 0 aromatic heterocycles. The average molecular weight is 236 g/mol. The topological polar surface area (TPSA) is 24.4 Å². The summed E-state index contributed by atoms with van der Waals surface area (Å²) in [6, 6.07) is 0. The molecular formula is C11H19F3N2. The lowest BCUT2D eigenvalue weighted by Gasteiger charge is -2.09. The fraction of sp³-hybridized carbons (Fsp3) is 0.909. The second kappa shape index (κ2) is 6.76. The van der Waals surface area contributed by atoms with E-state index in [9.17, 15) is 13.2 Å². The van der Waals surface area contributed by atoms with Crippen molar-refractivity contribution in [3.05, 3.63) is 0 Å². The van der Waals surface area contributed by atoms with Crippen molar-refractivity contribution < 1.29 is 13.2 Å². The molecular weight excluding hydrogens is 217 g/mol. The van der Waals surface area contributed by atoms with E-state index in [0.29, 0.717) is 13.0 Å².